The van der Waals surface area contributed by atoms with Crippen LogP contribution in [-0.4, -0.2) is 29.6 Å². The Kier molecular flexibility index (Phi) is 6.61. The first-order valence-corrected chi connectivity index (χ1v) is 9.97. The van der Waals surface area contributed by atoms with Gasteiger partial charge in [0, 0.05) is 23.5 Å². The molecule has 7 nitrogen and oxygen atoms in total. The lowest BCUT2D eigenvalue weighted by Crippen LogP contribution is -2.45. The Hall–Kier alpha value is -3.48. The number of fused-ring (bicyclic) bond motifs is 1. The fraction of sp³-hybridized carbons (Fsp3) is 0.304. The lowest BCUT2D eigenvalue weighted by atomic mass is 9.93. The smallest absolute Gasteiger partial charge is 0.269 e. The van der Waals surface area contributed by atoms with Crippen molar-refractivity contribution in [2.45, 2.75) is 32.9 Å². The van der Waals surface area contributed by atoms with Gasteiger partial charge in [-0.2, -0.15) is 0 Å². The van der Waals surface area contributed by atoms with Crippen molar-refractivity contribution in [1.29, 1.82) is 0 Å². The van der Waals surface area contributed by atoms with E-state index in [-0.39, 0.29) is 12.3 Å². The Balaban J connectivity index is 1.95. The van der Waals surface area contributed by atoms with Crippen LogP contribution in [0.2, 0.25) is 0 Å². The van der Waals surface area contributed by atoms with Crippen LogP contribution < -0.4 is 16.4 Å². The zero-order valence-electron chi connectivity index (χ0n) is 17.1. The SMILES string of the molecule is CC(C)C[C@H](CC(N)=O)C(=O)NC1N=C(c2ccccc2)c2ccccc2NC1=O. The molecule has 0 saturated heterocycles. The highest BCUT2D eigenvalue weighted by Crippen LogP contribution is 2.24. The van der Waals surface area contributed by atoms with Gasteiger partial charge in [0.25, 0.3) is 5.91 Å². The van der Waals surface area contributed by atoms with Crippen LogP contribution >= 0.6 is 0 Å². The lowest BCUT2D eigenvalue weighted by molar-refractivity contribution is -0.132. The molecule has 0 bridgehead atoms. The first-order chi connectivity index (χ1) is 14.3. The van der Waals surface area contributed by atoms with Gasteiger partial charge in [-0.3, -0.25) is 14.4 Å². The molecule has 0 aromatic heterocycles. The highest BCUT2D eigenvalue weighted by atomic mass is 16.2. The maximum absolute atomic E-state index is 12.9. The average molecular weight is 406 g/mol. The molecule has 1 aliphatic rings. The number of hydrogen-bond acceptors (Lipinski definition) is 4. The molecule has 0 aliphatic carbocycles. The summed E-state index contributed by atoms with van der Waals surface area (Å²) in [6.07, 6.45) is -0.713. The molecule has 2 aromatic carbocycles. The molecule has 0 fully saturated rings. The first kappa shape index (κ1) is 21.2. The fourth-order valence-electron chi connectivity index (χ4n) is 3.53. The number of nitrogens with one attached hydrogen (secondary N) is 2. The number of rotatable bonds is 7. The van der Waals surface area contributed by atoms with Gasteiger partial charge in [-0.1, -0.05) is 62.4 Å². The van der Waals surface area contributed by atoms with Crippen molar-refractivity contribution in [3.05, 3.63) is 65.7 Å². The molecule has 0 radical (unpaired) electrons. The summed E-state index contributed by atoms with van der Waals surface area (Å²) < 4.78 is 0. The number of hydrogen-bond donors (Lipinski definition) is 3. The van der Waals surface area contributed by atoms with E-state index in [2.05, 4.69) is 15.6 Å². The summed E-state index contributed by atoms with van der Waals surface area (Å²) in [4.78, 5) is 41.8. The minimum atomic E-state index is -1.12. The number of benzene rings is 2. The average Bonchev–Trinajstić information content (AvgIpc) is 2.84. The number of nitrogens with zero attached hydrogens (tertiary/aromatic N) is 1. The molecule has 1 heterocycles. The third kappa shape index (κ3) is 5.11. The predicted octanol–water partition coefficient (Wildman–Crippen LogP) is 2.46. The number of carbonyl (C=O) groups excluding carboxylic acids is 3. The van der Waals surface area contributed by atoms with Crippen molar-refractivity contribution in [1.82, 2.24) is 5.32 Å². The van der Waals surface area contributed by atoms with E-state index in [1.807, 2.05) is 62.4 Å². The minimum Gasteiger partial charge on any atom is -0.370 e. The number of primary amides is 1. The van der Waals surface area contributed by atoms with Gasteiger partial charge in [-0.15, -0.1) is 0 Å². The summed E-state index contributed by atoms with van der Waals surface area (Å²) in [6.45, 7) is 3.92. The quantitative estimate of drug-likeness (QED) is 0.656. The first-order valence-electron chi connectivity index (χ1n) is 9.97. The van der Waals surface area contributed by atoms with Crippen molar-refractivity contribution >= 4 is 29.1 Å². The molecule has 30 heavy (non-hydrogen) atoms. The van der Waals surface area contributed by atoms with Crippen LogP contribution in [0.5, 0.6) is 0 Å². The number of benzodiazepines with no additional fused rings is 1. The van der Waals surface area contributed by atoms with Crippen LogP contribution in [0.4, 0.5) is 5.69 Å². The third-order valence-electron chi connectivity index (χ3n) is 4.85. The topological polar surface area (TPSA) is 114 Å². The van der Waals surface area contributed by atoms with Crippen LogP contribution in [0.15, 0.2) is 59.6 Å². The van der Waals surface area contributed by atoms with Gasteiger partial charge < -0.3 is 16.4 Å². The third-order valence-corrected chi connectivity index (χ3v) is 4.85. The molecule has 0 spiro atoms. The molecule has 156 valence electrons. The highest BCUT2D eigenvalue weighted by Gasteiger charge is 2.30. The van der Waals surface area contributed by atoms with E-state index < -0.39 is 29.8 Å². The standard InChI is InChI=1S/C23H26N4O3/c1-14(2)12-16(13-19(24)28)22(29)27-21-23(30)25-18-11-7-6-10-17(18)20(26-21)15-8-4-3-5-9-15/h3-11,14,16,21H,12-13H2,1-2H3,(H2,24,28)(H,25,30)(H,27,29)/t16-,21?/m1/s1. The molecule has 1 aliphatic heterocycles. The molecule has 0 saturated carbocycles. The molecule has 2 aromatic rings. The van der Waals surface area contributed by atoms with Gasteiger partial charge in [-0.25, -0.2) is 4.99 Å². The van der Waals surface area contributed by atoms with Gasteiger partial charge in [0.15, 0.2) is 0 Å². The number of para-hydroxylation sites is 1. The van der Waals surface area contributed by atoms with Crippen LogP contribution in [-0.2, 0) is 14.4 Å². The van der Waals surface area contributed by atoms with E-state index in [0.717, 1.165) is 11.1 Å². The van der Waals surface area contributed by atoms with Crippen LogP contribution in [0, 0.1) is 11.8 Å². The summed E-state index contributed by atoms with van der Waals surface area (Å²) in [5, 5.41) is 5.55. The maximum atomic E-state index is 12.9. The van der Waals surface area contributed by atoms with Gasteiger partial charge in [0.2, 0.25) is 18.0 Å². The van der Waals surface area contributed by atoms with E-state index in [0.29, 0.717) is 17.8 Å². The zero-order valence-corrected chi connectivity index (χ0v) is 17.1. The molecular formula is C23H26N4O3. The summed E-state index contributed by atoms with van der Waals surface area (Å²) >= 11 is 0. The molecule has 3 rings (SSSR count). The van der Waals surface area contributed by atoms with E-state index in [1.165, 1.54) is 0 Å². The second kappa shape index (κ2) is 9.35. The fourth-order valence-corrected chi connectivity index (χ4v) is 3.53. The zero-order chi connectivity index (χ0) is 21.7. The second-order valence-electron chi connectivity index (χ2n) is 7.79. The molecule has 7 heteroatoms. The number of anilines is 1. The Morgan fingerprint density at radius 1 is 1.10 bits per heavy atom. The number of aliphatic imine (C=N–C) groups is 1. The number of amides is 3. The van der Waals surface area contributed by atoms with Crippen molar-refractivity contribution in [3.63, 3.8) is 0 Å². The molecule has 3 amide bonds. The predicted molar refractivity (Wildman–Crippen MR) is 116 cm³/mol. The highest BCUT2D eigenvalue weighted by molar-refractivity contribution is 6.19. The van der Waals surface area contributed by atoms with Crippen molar-refractivity contribution in [3.8, 4) is 0 Å². The molecular weight excluding hydrogens is 380 g/mol. The van der Waals surface area contributed by atoms with Crippen LogP contribution in [0.1, 0.15) is 37.8 Å². The van der Waals surface area contributed by atoms with Gasteiger partial charge in [-0.05, 0) is 18.4 Å². The van der Waals surface area contributed by atoms with Gasteiger partial charge >= 0.3 is 0 Å². The molecule has 1 unspecified atom stereocenters. The normalized spacial score (nSPS) is 16.7. The van der Waals surface area contributed by atoms with Crippen molar-refractivity contribution in [2.24, 2.45) is 22.6 Å². The number of nitrogens with two attached hydrogens (primary N) is 1. The van der Waals surface area contributed by atoms with E-state index in [4.69, 9.17) is 5.73 Å². The van der Waals surface area contributed by atoms with E-state index >= 15 is 0 Å². The molecule has 4 N–H and O–H groups in total. The Morgan fingerprint density at radius 2 is 1.77 bits per heavy atom. The molecule has 2 atom stereocenters. The summed E-state index contributed by atoms with van der Waals surface area (Å²) in [7, 11) is 0. The minimum absolute atomic E-state index is 0.0756. The Labute approximate surface area is 175 Å². The number of carbonyl (C=O) groups is 3. The van der Waals surface area contributed by atoms with Crippen LogP contribution in [0.25, 0.3) is 0 Å². The van der Waals surface area contributed by atoms with Gasteiger partial charge in [0.05, 0.1) is 11.4 Å². The maximum Gasteiger partial charge on any atom is 0.269 e. The Morgan fingerprint density at radius 3 is 2.43 bits per heavy atom. The second-order valence-corrected chi connectivity index (χ2v) is 7.79. The lowest BCUT2D eigenvalue weighted by Gasteiger charge is -2.20. The van der Waals surface area contributed by atoms with E-state index in [1.54, 1.807) is 6.07 Å². The van der Waals surface area contributed by atoms with Crippen LogP contribution in [0.3, 0.4) is 0 Å². The monoisotopic (exact) mass is 406 g/mol. The largest absolute Gasteiger partial charge is 0.370 e. The van der Waals surface area contributed by atoms with Crippen molar-refractivity contribution < 1.29 is 14.4 Å². The van der Waals surface area contributed by atoms with E-state index in [9.17, 15) is 14.4 Å². The Bertz CT molecular complexity index is 969. The summed E-state index contributed by atoms with van der Waals surface area (Å²) in [5.74, 6) is -1.83. The van der Waals surface area contributed by atoms with Crippen molar-refractivity contribution in [2.75, 3.05) is 5.32 Å². The van der Waals surface area contributed by atoms with Gasteiger partial charge in [0.1, 0.15) is 0 Å². The summed E-state index contributed by atoms with van der Waals surface area (Å²) in [5.41, 5.74) is 8.15. The summed E-state index contributed by atoms with van der Waals surface area (Å²) in [6, 6.07) is 16.8.